The van der Waals surface area contributed by atoms with Gasteiger partial charge in [0.25, 0.3) is 0 Å². The second-order valence-electron chi connectivity index (χ2n) is 2.60. The molecule has 78 valence electrons. The number of aryl methyl sites for hydroxylation is 1. The maximum Gasteiger partial charge on any atom is 0.206 e. The Morgan fingerprint density at radius 1 is 1.43 bits per heavy atom. The minimum Gasteiger partial charge on any atom is -0.491 e. The van der Waals surface area contributed by atoms with Crippen LogP contribution >= 0.6 is 11.6 Å². The van der Waals surface area contributed by atoms with E-state index in [1.807, 2.05) is 0 Å². The van der Waals surface area contributed by atoms with Gasteiger partial charge in [0.15, 0.2) is 10.9 Å². The van der Waals surface area contributed by atoms with Crippen LogP contribution in [0, 0.1) is 12.7 Å². The van der Waals surface area contributed by atoms with Crippen LogP contribution in [0.3, 0.4) is 0 Å². The molecular formula is C9H11ClFNO2. The monoisotopic (exact) mass is 219 g/mol. The molecule has 0 spiro atoms. The van der Waals surface area contributed by atoms with E-state index in [-0.39, 0.29) is 16.7 Å². The van der Waals surface area contributed by atoms with E-state index in [4.69, 9.17) is 21.1 Å². The van der Waals surface area contributed by atoms with E-state index >= 15 is 0 Å². The van der Waals surface area contributed by atoms with Crippen molar-refractivity contribution >= 4 is 11.6 Å². The molecule has 0 bridgehead atoms. The molecule has 0 saturated heterocycles. The van der Waals surface area contributed by atoms with Crippen LogP contribution in [0.1, 0.15) is 12.6 Å². The Hall–Kier alpha value is -1.03. The van der Waals surface area contributed by atoms with Gasteiger partial charge in [-0.3, -0.25) is 0 Å². The Balaban J connectivity index is 3.32. The lowest BCUT2D eigenvalue weighted by atomic mass is 10.3. The van der Waals surface area contributed by atoms with Gasteiger partial charge in [-0.05, 0) is 13.8 Å². The summed E-state index contributed by atoms with van der Waals surface area (Å²) in [5.74, 6) is -0.378. The average Bonchev–Trinajstić information content (AvgIpc) is 2.14. The quantitative estimate of drug-likeness (QED) is 0.733. The first-order valence-electron chi connectivity index (χ1n) is 4.14. The molecule has 0 aliphatic carbocycles. The minimum atomic E-state index is -0.684. The average molecular weight is 220 g/mol. The SMILES string of the molecule is CCOc1c(F)c(Cl)nc(C)c1OC. The van der Waals surface area contributed by atoms with E-state index < -0.39 is 5.82 Å². The summed E-state index contributed by atoms with van der Waals surface area (Å²) in [5.41, 5.74) is 0.502. The van der Waals surface area contributed by atoms with Crippen molar-refractivity contribution in [2.45, 2.75) is 13.8 Å². The second kappa shape index (κ2) is 4.46. The van der Waals surface area contributed by atoms with Crippen molar-refractivity contribution in [2.75, 3.05) is 13.7 Å². The van der Waals surface area contributed by atoms with Gasteiger partial charge in [-0.15, -0.1) is 0 Å². The van der Waals surface area contributed by atoms with Crippen LogP contribution in [-0.2, 0) is 0 Å². The topological polar surface area (TPSA) is 31.4 Å². The maximum absolute atomic E-state index is 13.4. The molecule has 1 aromatic heterocycles. The molecule has 1 rings (SSSR count). The highest BCUT2D eigenvalue weighted by molar-refractivity contribution is 6.29. The van der Waals surface area contributed by atoms with E-state index in [0.717, 1.165) is 0 Å². The largest absolute Gasteiger partial charge is 0.491 e. The lowest BCUT2D eigenvalue weighted by Crippen LogP contribution is -2.02. The molecule has 0 aromatic carbocycles. The Morgan fingerprint density at radius 3 is 2.57 bits per heavy atom. The van der Waals surface area contributed by atoms with Gasteiger partial charge >= 0.3 is 0 Å². The molecule has 0 radical (unpaired) electrons. The zero-order valence-electron chi connectivity index (χ0n) is 8.23. The van der Waals surface area contributed by atoms with Gasteiger partial charge in [0, 0.05) is 0 Å². The number of ether oxygens (including phenoxy) is 2. The number of nitrogens with zero attached hydrogens (tertiary/aromatic N) is 1. The summed E-state index contributed by atoms with van der Waals surface area (Å²) in [5, 5.41) is -0.202. The number of halogens is 2. The highest BCUT2D eigenvalue weighted by atomic mass is 35.5. The summed E-state index contributed by atoms with van der Waals surface area (Å²) in [6.45, 7) is 3.77. The number of methoxy groups -OCH3 is 1. The van der Waals surface area contributed by atoms with Crippen molar-refractivity contribution in [3.63, 3.8) is 0 Å². The zero-order valence-corrected chi connectivity index (χ0v) is 8.98. The first-order valence-corrected chi connectivity index (χ1v) is 4.52. The molecule has 1 aromatic rings. The van der Waals surface area contributed by atoms with E-state index in [1.165, 1.54) is 7.11 Å². The fourth-order valence-corrected chi connectivity index (χ4v) is 1.33. The zero-order chi connectivity index (χ0) is 10.7. The third kappa shape index (κ3) is 1.90. The number of aromatic nitrogens is 1. The van der Waals surface area contributed by atoms with Crippen LogP contribution in [-0.4, -0.2) is 18.7 Å². The minimum absolute atomic E-state index is 0.0208. The summed E-state index contributed by atoms with van der Waals surface area (Å²) in [4.78, 5) is 3.77. The summed E-state index contributed by atoms with van der Waals surface area (Å²) in [7, 11) is 1.43. The molecule has 14 heavy (non-hydrogen) atoms. The molecule has 0 aliphatic rings. The summed E-state index contributed by atoms with van der Waals surface area (Å²) in [6.07, 6.45) is 0. The third-order valence-corrected chi connectivity index (χ3v) is 1.92. The number of pyridine rings is 1. The highest BCUT2D eigenvalue weighted by Gasteiger charge is 2.18. The van der Waals surface area contributed by atoms with Gasteiger partial charge in [0.05, 0.1) is 19.4 Å². The van der Waals surface area contributed by atoms with Crippen LogP contribution in [0.25, 0.3) is 0 Å². The van der Waals surface area contributed by atoms with Gasteiger partial charge in [0.2, 0.25) is 11.6 Å². The molecule has 5 heteroatoms. The molecule has 0 amide bonds. The fourth-order valence-electron chi connectivity index (χ4n) is 1.12. The predicted molar refractivity (Wildman–Crippen MR) is 51.7 cm³/mol. The van der Waals surface area contributed by atoms with Crippen molar-refractivity contribution in [3.05, 3.63) is 16.7 Å². The third-order valence-electron chi connectivity index (χ3n) is 1.67. The van der Waals surface area contributed by atoms with Crippen molar-refractivity contribution < 1.29 is 13.9 Å². The van der Waals surface area contributed by atoms with Gasteiger partial charge in [-0.25, -0.2) is 4.98 Å². The smallest absolute Gasteiger partial charge is 0.206 e. The Bertz CT molecular complexity index is 344. The lowest BCUT2D eigenvalue weighted by molar-refractivity contribution is 0.292. The lowest BCUT2D eigenvalue weighted by Gasteiger charge is -2.12. The molecule has 0 saturated carbocycles. The summed E-state index contributed by atoms with van der Waals surface area (Å²) < 4.78 is 23.5. The van der Waals surface area contributed by atoms with Crippen LogP contribution in [0.4, 0.5) is 4.39 Å². The molecule has 0 N–H and O–H groups in total. The molecule has 1 heterocycles. The Labute approximate surface area is 86.8 Å². The summed E-state index contributed by atoms with van der Waals surface area (Å²) in [6, 6.07) is 0. The molecule has 0 aliphatic heterocycles. The number of hydrogen-bond acceptors (Lipinski definition) is 3. The van der Waals surface area contributed by atoms with Gasteiger partial charge in [-0.2, -0.15) is 4.39 Å². The van der Waals surface area contributed by atoms with Crippen molar-refractivity contribution in [1.82, 2.24) is 4.98 Å². The highest BCUT2D eigenvalue weighted by Crippen LogP contribution is 2.35. The fraction of sp³-hybridized carbons (Fsp3) is 0.444. The second-order valence-corrected chi connectivity index (χ2v) is 2.96. The molecule has 0 unspecified atom stereocenters. The van der Waals surface area contributed by atoms with Gasteiger partial charge in [0.1, 0.15) is 0 Å². The van der Waals surface area contributed by atoms with E-state index in [0.29, 0.717) is 12.3 Å². The molecule has 3 nitrogen and oxygen atoms in total. The molecular weight excluding hydrogens is 209 g/mol. The first kappa shape index (κ1) is 11.0. The Kier molecular flexibility index (Phi) is 3.52. The number of rotatable bonds is 3. The number of hydrogen-bond donors (Lipinski definition) is 0. The van der Waals surface area contributed by atoms with E-state index in [1.54, 1.807) is 13.8 Å². The maximum atomic E-state index is 13.4. The van der Waals surface area contributed by atoms with E-state index in [2.05, 4.69) is 4.98 Å². The normalized spacial score (nSPS) is 10.1. The predicted octanol–water partition coefficient (Wildman–Crippen LogP) is 2.59. The van der Waals surface area contributed by atoms with Crippen LogP contribution in [0.2, 0.25) is 5.15 Å². The van der Waals surface area contributed by atoms with Crippen LogP contribution in [0.5, 0.6) is 11.5 Å². The standard InChI is InChI=1S/C9H11ClFNO2/c1-4-14-8-6(11)9(10)12-5(2)7(8)13-3/h4H2,1-3H3. The Morgan fingerprint density at radius 2 is 2.07 bits per heavy atom. The summed E-state index contributed by atoms with van der Waals surface area (Å²) >= 11 is 5.56. The van der Waals surface area contributed by atoms with Crippen molar-refractivity contribution in [2.24, 2.45) is 0 Å². The van der Waals surface area contributed by atoms with Crippen LogP contribution in [0.15, 0.2) is 0 Å². The van der Waals surface area contributed by atoms with Crippen molar-refractivity contribution in [3.8, 4) is 11.5 Å². The molecule has 0 fully saturated rings. The van der Waals surface area contributed by atoms with Gasteiger partial charge < -0.3 is 9.47 Å². The van der Waals surface area contributed by atoms with Crippen molar-refractivity contribution in [1.29, 1.82) is 0 Å². The van der Waals surface area contributed by atoms with Crippen LogP contribution < -0.4 is 9.47 Å². The van der Waals surface area contributed by atoms with Gasteiger partial charge in [-0.1, -0.05) is 11.6 Å². The van der Waals surface area contributed by atoms with E-state index in [9.17, 15) is 4.39 Å². The first-order chi connectivity index (χ1) is 6.61. The molecule has 0 atom stereocenters.